The first kappa shape index (κ1) is 12.2. The zero-order valence-electron chi connectivity index (χ0n) is 12.0. The quantitative estimate of drug-likeness (QED) is 0.709. The summed E-state index contributed by atoms with van der Waals surface area (Å²) in [6, 6.07) is 11.8. The van der Waals surface area contributed by atoms with Crippen LogP contribution < -0.4 is 0 Å². The van der Waals surface area contributed by atoms with E-state index in [1.165, 1.54) is 48.8 Å². The molecule has 1 aromatic heterocycles. The number of nitrogens with zero attached hydrogens (tertiary/aromatic N) is 2. The Bertz CT molecular complexity index is 638. The molecule has 1 aromatic carbocycles. The van der Waals surface area contributed by atoms with E-state index in [9.17, 15) is 0 Å². The van der Waals surface area contributed by atoms with Crippen LogP contribution in [0.15, 0.2) is 42.5 Å². The van der Waals surface area contributed by atoms with Gasteiger partial charge in [0.1, 0.15) is 0 Å². The maximum absolute atomic E-state index is 2.67. The molecule has 0 bridgehead atoms. The summed E-state index contributed by atoms with van der Waals surface area (Å²) >= 11 is 0. The molecular weight excluding hydrogens is 244 g/mol. The lowest BCUT2D eigenvalue weighted by atomic mass is 10.0. The molecular formula is C18H22N2. The van der Waals surface area contributed by atoms with E-state index >= 15 is 0 Å². The summed E-state index contributed by atoms with van der Waals surface area (Å²) in [5, 5.41) is 1.39. The standard InChI is InChI=1S/C18H22N2/c1-2-8-16(9-3-1)19-11-6-12-20-17(14-19)13-15-7-4-5-10-18(15)20/h2,4-5,7-8,10,13,16H,1,3,6,9,11-12,14H2. The SMILES string of the molecule is C1=CC(N2CCCn3c(cc4ccccc43)C2)CCC1. The van der Waals surface area contributed by atoms with E-state index in [-0.39, 0.29) is 0 Å². The molecule has 104 valence electrons. The lowest BCUT2D eigenvalue weighted by molar-refractivity contribution is 0.208. The number of hydrogen-bond donors (Lipinski definition) is 0. The molecule has 1 atom stereocenters. The summed E-state index contributed by atoms with van der Waals surface area (Å²) in [6.07, 6.45) is 10.0. The van der Waals surface area contributed by atoms with E-state index in [0.29, 0.717) is 6.04 Å². The van der Waals surface area contributed by atoms with Crippen molar-refractivity contribution in [3.8, 4) is 0 Å². The summed E-state index contributed by atoms with van der Waals surface area (Å²) in [4.78, 5) is 2.67. The van der Waals surface area contributed by atoms with E-state index in [1.807, 2.05) is 0 Å². The molecule has 0 saturated carbocycles. The molecule has 0 saturated heterocycles. The lowest BCUT2D eigenvalue weighted by Crippen LogP contribution is -2.34. The van der Waals surface area contributed by atoms with Gasteiger partial charge in [-0.3, -0.25) is 4.90 Å². The van der Waals surface area contributed by atoms with Gasteiger partial charge in [-0.25, -0.2) is 0 Å². The van der Waals surface area contributed by atoms with Crippen molar-refractivity contribution in [2.45, 2.75) is 44.8 Å². The van der Waals surface area contributed by atoms with Crippen LogP contribution in [0.3, 0.4) is 0 Å². The highest BCUT2D eigenvalue weighted by Gasteiger charge is 2.22. The Hall–Kier alpha value is -1.54. The highest BCUT2D eigenvalue weighted by molar-refractivity contribution is 5.81. The van der Waals surface area contributed by atoms with E-state index in [2.05, 4.69) is 52.0 Å². The van der Waals surface area contributed by atoms with Crippen LogP contribution in [-0.4, -0.2) is 22.1 Å². The van der Waals surface area contributed by atoms with Crippen molar-refractivity contribution in [3.05, 3.63) is 48.2 Å². The van der Waals surface area contributed by atoms with Crippen LogP contribution in [-0.2, 0) is 13.1 Å². The third-order valence-electron chi connectivity index (χ3n) is 4.79. The summed E-state index contributed by atoms with van der Waals surface area (Å²) < 4.78 is 2.53. The molecule has 1 unspecified atom stereocenters. The first-order chi connectivity index (χ1) is 9.92. The molecule has 1 aliphatic heterocycles. The molecule has 2 aliphatic rings. The van der Waals surface area contributed by atoms with E-state index in [4.69, 9.17) is 0 Å². The average molecular weight is 266 g/mol. The van der Waals surface area contributed by atoms with Gasteiger partial charge in [-0.1, -0.05) is 30.4 Å². The first-order valence-electron chi connectivity index (χ1n) is 7.90. The van der Waals surface area contributed by atoms with Crippen LogP contribution in [0, 0.1) is 0 Å². The minimum atomic E-state index is 0.660. The fourth-order valence-corrected chi connectivity index (χ4v) is 3.76. The predicted octanol–water partition coefficient (Wildman–Crippen LogP) is 3.96. The number of fused-ring (bicyclic) bond motifs is 3. The van der Waals surface area contributed by atoms with Crippen LogP contribution in [0.1, 0.15) is 31.4 Å². The van der Waals surface area contributed by atoms with Gasteiger partial charge in [0.05, 0.1) is 0 Å². The molecule has 20 heavy (non-hydrogen) atoms. The van der Waals surface area contributed by atoms with Crippen molar-refractivity contribution < 1.29 is 0 Å². The fraction of sp³-hybridized carbons (Fsp3) is 0.444. The second-order valence-electron chi connectivity index (χ2n) is 6.10. The number of hydrogen-bond acceptors (Lipinski definition) is 1. The van der Waals surface area contributed by atoms with E-state index in [1.54, 1.807) is 0 Å². The summed E-state index contributed by atoms with van der Waals surface area (Å²) in [7, 11) is 0. The van der Waals surface area contributed by atoms with Gasteiger partial charge in [0, 0.05) is 36.9 Å². The maximum atomic E-state index is 2.67. The van der Waals surface area contributed by atoms with Crippen molar-refractivity contribution in [1.29, 1.82) is 0 Å². The largest absolute Gasteiger partial charge is 0.343 e. The molecule has 2 nitrogen and oxygen atoms in total. The minimum Gasteiger partial charge on any atom is -0.343 e. The Morgan fingerprint density at radius 3 is 2.90 bits per heavy atom. The minimum absolute atomic E-state index is 0.660. The van der Waals surface area contributed by atoms with Crippen molar-refractivity contribution in [3.63, 3.8) is 0 Å². The number of aryl methyl sites for hydroxylation is 1. The molecule has 1 aliphatic carbocycles. The van der Waals surface area contributed by atoms with Gasteiger partial charge in [-0.2, -0.15) is 0 Å². The third kappa shape index (κ3) is 2.08. The Balaban J connectivity index is 1.68. The second-order valence-corrected chi connectivity index (χ2v) is 6.10. The maximum Gasteiger partial charge on any atom is 0.0482 e. The first-order valence-corrected chi connectivity index (χ1v) is 7.90. The van der Waals surface area contributed by atoms with Crippen molar-refractivity contribution in [2.24, 2.45) is 0 Å². The normalized spacial score (nSPS) is 23.7. The Morgan fingerprint density at radius 1 is 1.05 bits per heavy atom. The van der Waals surface area contributed by atoms with Crippen molar-refractivity contribution in [2.75, 3.05) is 6.54 Å². The fourth-order valence-electron chi connectivity index (χ4n) is 3.76. The number of benzene rings is 1. The highest BCUT2D eigenvalue weighted by Crippen LogP contribution is 2.26. The van der Waals surface area contributed by atoms with Gasteiger partial charge in [0.15, 0.2) is 0 Å². The lowest BCUT2D eigenvalue weighted by Gasteiger charge is -2.29. The number of rotatable bonds is 1. The Labute approximate surface area is 120 Å². The molecule has 2 heteroatoms. The highest BCUT2D eigenvalue weighted by atomic mass is 15.2. The third-order valence-corrected chi connectivity index (χ3v) is 4.79. The number of allylic oxidation sites excluding steroid dienone is 1. The number of aromatic nitrogens is 1. The van der Waals surface area contributed by atoms with Gasteiger partial charge in [0.2, 0.25) is 0 Å². The summed E-state index contributed by atoms with van der Waals surface area (Å²) in [5.41, 5.74) is 2.89. The second kappa shape index (κ2) is 5.10. The molecule has 0 fully saturated rings. The predicted molar refractivity (Wildman–Crippen MR) is 83.7 cm³/mol. The zero-order chi connectivity index (χ0) is 13.4. The van der Waals surface area contributed by atoms with Crippen LogP contribution >= 0.6 is 0 Å². The Morgan fingerprint density at radius 2 is 2.00 bits per heavy atom. The monoisotopic (exact) mass is 266 g/mol. The van der Waals surface area contributed by atoms with Crippen LogP contribution in [0.5, 0.6) is 0 Å². The summed E-state index contributed by atoms with van der Waals surface area (Å²) in [6.45, 7) is 3.49. The van der Waals surface area contributed by atoms with E-state index < -0.39 is 0 Å². The number of para-hydroxylation sites is 1. The molecule has 0 radical (unpaired) electrons. The summed E-state index contributed by atoms with van der Waals surface area (Å²) in [5.74, 6) is 0. The van der Waals surface area contributed by atoms with Crippen molar-refractivity contribution in [1.82, 2.24) is 9.47 Å². The van der Waals surface area contributed by atoms with E-state index in [0.717, 1.165) is 13.1 Å². The molecule has 0 spiro atoms. The zero-order valence-corrected chi connectivity index (χ0v) is 12.0. The smallest absolute Gasteiger partial charge is 0.0482 e. The van der Waals surface area contributed by atoms with Crippen molar-refractivity contribution >= 4 is 10.9 Å². The van der Waals surface area contributed by atoms with Gasteiger partial charge >= 0.3 is 0 Å². The topological polar surface area (TPSA) is 8.17 Å². The molecule has 0 N–H and O–H groups in total. The molecule has 0 amide bonds. The molecule has 4 rings (SSSR count). The molecule has 2 heterocycles. The van der Waals surface area contributed by atoms with Crippen LogP contribution in [0.4, 0.5) is 0 Å². The molecule has 2 aromatic rings. The van der Waals surface area contributed by atoms with Crippen LogP contribution in [0.25, 0.3) is 10.9 Å². The van der Waals surface area contributed by atoms with Gasteiger partial charge in [-0.05, 0) is 43.2 Å². The van der Waals surface area contributed by atoms with Crippen LogP contribution in [0.2, 0.25) is 0 Å². The average Bonchev–Trinajstić information content (AvgIpc) is 2.71. The van der Waals surface area contributed by atoms with Gasteiger partial charge < -0.3 is 4.57 Å². The van der Waals surface area contributed by atoms with Gasteiger partial charge in [-0.15, -0.1) is 0 Å². The Kier molecular flexibility index (Phi) is 3.12. The van der Waals surface area contributed by atoms with Gasteiger partial charge in [0.25, 0.3) is 0 Å².